The highest BCUT2D eigenvalue weighted by molar-refractivity contribution is 7.90. The fourth-order valence-electron chi connectivity index (χ4n) is 2.11. The van der Waals surface area contributed by atoms with Crippen LogP contribution in [0, 0.1) is 5.92 Å². The van der Waals surface area contributed by atoms with Crippen molar-refractivity contribution >= 4 is 21.4 Å². The summed E-state index contributed by atoms with van der Waals surface area (Å²) in [6, 6.07) is 6.24. The quantitative estimate of drug-likeness (QED) is 0.868. The molecule has 1 atom stereocenters. The highest BCUT2D eigenvalue weighted by Gasteiger charge is 2.20. The fourth-order valence-corrected chi connectivity index (χ4v) is 2.74. The van der Waals surface area contributed by atoms with E-state index < -0.39 is 9.84 Å². The summed E-state index contributed by atoms with van der Waals surface area (Å²) in [6.07, 6.45) is 3.06. The predicted octanol–water partition coefficient (Wildman–Crippen LogP) is 1.03. The van der Waals surface area contributed by atoms with Gasteiger partial charge in [0.2, 0.25) is 5.91 Å². The maximum Gasteiger partial charge on any atom is 0.228 e. The van der Waals surface area contributed by atoms with Crippen LogP contribution >= 0.6 is 0 Å². The van der Waals surface area contributed by atoms with Crippen molar-refractivity contribution in [3.05, 3.63) is 24.3 Å². The Morgan fingerprint density at radius 3 is 2.53 bits per heavy atom. The van der Waals surface area contributed by atoms with Crippen molar-refractivity contribution in [3.8, 4) is 0 Å². The highest BCUT2D eigenvalue weighted by atomic mass is 32.2. The van der Waals surface area contributed by atoms with Crippen LogP contribution in [0.25, 0.3) is 0 Å². The van der Waals surface area contributed by atoms with E-state index in [9.17, 15) is 13.2 Å². The van der Waals surface area contributed by atoms with Crippen molar-refractivity contribution in [2.24, 2.45) is 5.92 Å². The Hall–Kier alpha value is -1.40. The van der Waals surface area contributed by atoms with E-state index in [0.717, 1.165) is 25.6 Å². The molecule has 0 bridgehead atoms. The molecule has 1 amide bonds. The fraction of sp³-hybridized carbons (Fsp3) is 0.462. The molecule has 0 unspecified atom stereocenters. The number of carbonyl (C=O) groups excluding carboxylic acids is 1. The van der Waals surface area contributed by atoms with Crippen LogP contribution in [0.3, 0.4) is 0 Å². The molecule has 2 rings (SSSR count). The molecule has 1 aromatic carbocycles. The van der Waals surface area contributed by atoms with E-state index in [1.54, 1.807) is 12.1 Å². The zero-order chi connectivity index (χ0) is 13.9. The number of piperidine rings is 1. The number of carbonyl (C=O) groups is 1. The molecule has 0 saturated carbocycles. The van der Waals surface area contributed by atoms with Crippen LogP contribution in [0.5, 0.6) is 0 Å². The number of nitrogens with one attached hydrogen (secondary N) is 2. The molecule has 1 aromatic rings. The van der Waals surface area contributed by atoms with Crippen molar-refractivity contribution in [1.29, 1.82) is 0 Å². The first kappa shape index (κ1) is 14.0. The summed E-state index contributed by atoms with van der Waals surface area (Å²) in [6.45, 7) is 1.67. The summed E-state index contributed by atoms with van der Waals surface area (Å²) < 4.78 is 22.6. The van der Waals surface area contributed by atoms with Gasteiger partial charge in [0.1, 0.15) is 0 Å². The lowest BCUT2D eigenvalue weighted by Gasteiger charge is -2.21. The van der Waals surface area contributed by atoms with Gasteiger partial charge in [0.05, 0.1) is 10.8 Å². The number of amides is 1. The molecule has 1 saturated heterocycles. The summed E-state index contributed by atoms with van der Waals surface area (Å²) in [7, 11) is -3.19. The number of rotatable bonds is 3. The lowest BCUT2D eigenvalue weighted by atomic mass is 9.99. The van der Waals surface area contributed by atoms with Gasteiger partial charge in [-0.05, 0) is 43.7 Å². The van der Waals surface area contributed by atoms with E-state index in [-0.39, 0.29) is 16.7 Å². The smallest absolute Gasteiger partial charge is 0.228 e. The summed E-state index contributed by atoms with van der Waals surface area (Å²) in [5.74, 6) is -0.0253. The standard InChI is InChI=1S/C13H18N2O3S/c1-19(17,18)12-6-4-11(5-7-12)15-13(16)10-3-2-8-14-9-10/h4-7,10,14H,2-3,8-9H2,1H3,(H,15,16)/t10-/m0/s1. The zero-order valence-electron chi connectivity index (χ0n) is 10.8. The molecular formula is C13H18N2O3S. The van der Waals surface area contributed by atoms with E-state index in [1.807, 2.05) is 0 Å². The van der Waals surface area contributed by atoms with Gasteiger partial charge in [0.15, 0.2) is 9.84 Å². The Balaban J connectivity index is 2.01. The first-order chi connectivity index (χ1) is 8.97. The number of sulfone groups is 1. The van der Waals surface area contributed by atoms with Gasteiger partial charge in [-0.1, -0.05) is 0 Å². The largest absolute Gasteiger partial charge is 0.326 e. The Labute approximate surface area is 113 Å². The number of benzene rings is 1. The molecule has 1 fully saturated rings. The lowest BCUT2D eigenvalue weighted by Crippen LogP contribution is -2.37. The average Bonchev–Trinajstić information content (AvgIpc) is 2.39. The first-order valence-corrected chi connectivity index (χ1v) is 8.17. The van der Waals surface area contributed by atoms with Gasteiger partial charge >= 0.3 is 0 Å². The summed E-state index contributed by atoms with van der Waals surface area (Å²) in [5.41, 5.74) is 0.628. The Morgan fingerprint density at radius 1 is 1.32 bits per heavy atom. The molecule has 6 heteroatoms. The van der Waals surface area contributed by atoms with Gasteiger partial charge in [-0.3, -0.25) is 4.79 Å². The van der Waals surface area contributed by atoms with Crippen LogP contribution < -0.4 is 10.6 Å². The zero-order valence-corrected chi connectivity index (χ0v) is 11.7. The Morgan fingerprint density at radius 2 is 2.00 bits per heavy atom. The van der Waals surface area contributed by atoms with Crippen LogP contribution in [0.2, 0.25) is 0 Å². The van der Waals surface area contributed by atoms with Gasteiger partial charge in [-0.25, -0.2) is 8.42 Å². The number of hydrogen-bond acceptors (Lipinski definition) is 4. The molecular weight excluding hydrogens is 264 g/mol. The van der Waals surface area contributed by atoms with E-state index in [1.165, 1.54) is 12.1 Å². The molecule has 5 nitrogen and oxygen atoms in total. The van der Waals surface area contributed by atoms with Gasteiger partial charge in [-0.2, -0.15) is 0 Å². The van der Waals surface area contributed by atoms with Gasteiger partial charge in [0.25, 0.3) is 0 Å². The highest BCUT2D eigenvalue weighted by Crippen LogP contribution is 2.16. The first-order valence-electron chi connectivity index (χ1n) is 6.28. The molecule has 1 heterocycles. The molecule has 0 radical (unpaired) electrons. The second kappa shape index (κ2) is 5.71. The Kier molecular flexibility index (Phi) is 4.21. The van der Waals surface area contributed by atoms with E-state index >= 15 is 0 Å². The van der Waals surface area contributed by atoms with Crippen LogP contribution in [0.4, 0.5) is 5.69 Å². The molecule has 0 aliphatic carbocycles. The number of hydrogen-bond donors (Lipinski definition) is 2. The second-order valence-electron chi connectivity index (χ2n) is 4.83. The molecule has 104 valence electrons. The van der Waals surface area contributed by atoms with E-state index in [4.69, 9.17) is 0 Å². The average molecular weight is 282 g/mol. The van der Waals surface area contributed by atoms with Gasteiger partial charge in [0, 0.05) is 18.5 Å². The van der Waals surface area contributed by atoms with Crippen LogP contribution in [-0.2, 0) is 14.6 Å². The van der Waals surface area contributed by atoms with Crippen molar-refractivity contribution in [3.63, 3.8) is 0 Å². The third-order valence-corrected chi connectivity index (χ3v) is 4.35. The minimum atomic E-state index is -3.19. The predicted molar refractivity (Wildman–Crippen MR) is 73.8 cm³/mol. The van der Waals surface area contributed by atoms with Crippen molar-refractivity contribution in [2.45, 2.75) is 17.7 Å². The monoisotopic (exact) mass is 282 g/mol. The molecule has 2 N–H and O–H groups in total. The molecule has 0 spiro atoms. The maximum atomic E-state index is 12.0. The van der Waals surface area contributed by atoms with Gasteiger partial charge < -0.3 is 10.6 Å². The summed E-state index contributed by atoms with van der Waals surface area (Å²) in [5, 5.41) is 6.01. The van der Waals surface area contributed by atoms with Crippen molar-refractivity contribution in [2.75, 3.05) is 24.7 Å². The normalized spacial score (nSPS) is 19.9. The maximum absolute atomic E-state index is 12.0. The van der Waals surface area contributed by atoms with Crippen molar-refractivity contribution in [1.82, 2.24) is 5.32 Å². The van der Waals surface area contributed by atoms with E-state index in [2.05, 4.69) is 10.6 Å². The molecule has 1 aliphatic rings. The molecule has 19 heavy (non-hydrogen) atoms. The van der Waals surface area contributed by atoms with Gasteiger partial charge in [-0.15, -0.1) is 0 Å². The summed E-state index contributed by atoms with van der Waals surface area (Å²) >= 11 is 0. The topological polar surface area (TPSA) is 75.3 Å². The van der Waals surface area contributed by atoms with Crippen molar-refractivity contribution < 1.29 is 13.2 Å². The minimum Gasteiger partial charge on any atom is -0.326 e. The third-order valence-electron chi connectivity index (χ3n) is 3.22. The lowest BCUT2D eigenvalue weighted by molar-refractivity contribution is -0.120. The van der Waals surface area contributed by atoms with Crippen LogP contribution in [0.15, 0.2) is 29.2 Å². The van der Waals surface area contributed by atoms with E-state index in [0.29, 0.717) is 12.2 Å². The minimum absolute atomic E-state index is 0.0108. The summed E-state index contributed by atoms with van der Waals surface area (Å²) in [4.78, 5) is 12.2. The molecule has 1 aliphatic heterocycles. The molecule has 0 aromatic heterocycles. The van der Waals surface area contributed by atoms with Crippen LogP contribution in [0.1, 0.15) is 12.8 Å². The number of anilines is 1. The SMILES string of the molecule is CS(=O)(=O)c1ccc(NC(=O)[C@H]2CCCNC2)cc1. The van der Waals surface area contributed by atoms with Crippen LogP contribution in [-0.4, -0.2) is 33.7 Å². The second-order valence-corrected chi connectivity index (χ2v) is 6.84. The third kappa shape index (κ3) is 3.78. The Bertz CT molecular complexity index is 546.